The van der Waals surface area contributed by atoms with Gasteiger partial charge in [0.15, 0.2) is 6.61 Å². The first kappa shape index (κ1) is 19.0. The zero-order valence-corrected chi connectivity index (χ0v) is 16.0. The predicted molar refractivity (Wildman–Crippen MR) is 106 cm³/mol. The first-order valence-electron chi connectivity index (χ1n) is 9.32. The van der Waals surface area contributed by atoms with Gasteiger partial charge in [-0.25, -0.2) is 0 Å². The minimum absolute atomic E-state index is 0.0484. The number of carbonyl (C=O) groups is 2. The highest BCUT2D eigenvalue weighted by Gasteiger charge is 2.29. The zero-order valence-electron chi connectivity index (χ0n) is 16.0. The lowest BCUT2D eigenvalue weighted by atomic mass is 10.00. The zero-order chi connectivity index (χ0) is 19.4. The standard InChI is InChI=1S/C22H26N2O3/c1-14-7-8-15(2)20(11-14)16(3)23-21(25)13-27-19-6-4-5-18(12-19)24-22(26)17-9-10-17/h4-8,11-12,16-17H,9-10,13H2,1-3H3,(H,23,25)(H,24,26). The molecule has 0 aliphatic heterocycles. The second-order valence-corrected chi connectivity index (χ2v) is 7.23. The Bertz CT molecular complexity index is 843. The molecule has 1 unspecified atom stereocenters. The van der Waals surface area contributed by atoms with Crippen LogP contribution in [0.3, 0.4) is 0 Å². The van der Waals surface area contributed by atoms with Crippen molar-refractivity contribution in [3.63, 3.8) is 0 Å². The normalized spacial score (nSPS) is 14.3. The van der Waals surface area contributed by atoms with Crippen LogP contribution >= 0.6 is 0 Å². The molecule has 142 valence electrons. The van der Waals surface area contributed by atoms with Crippen LogP contribution in [0.15, 0.2) is 42.5 Å². The van der Waals surface area contributed by atoms with E-state index in [1.54, 1.807) is 18.2 Å². The number of hydrogen-bond acceptors (Lipinski definition) is 3. The van der Waals surface area contributed by atoms with Crippen LogP contribution in [0, 0.1) is 19.8 Å². The average Bonchev–Trinajstić information content (AvgIpc) is 3.47. The third-order valence-electron chi connectivity index (χ3n) is 4.70. The highest BCUT2D eigenvalue weighted by molar-refractivity contribution is 5.94. The van der Waals surface area contributed by atoms with Crippen molar-refractivity contribution >= 4 is 17.5 Å². The molecule has 3 rings (SSSR count). The van der Waals surface area contributed by atoms with E-state index < -0.39 is 0 Å². The summed E-state index contributed by atoms with van der Waals surface area (Å²) in [6.45, 7) is 5.97. The number of carbonyl (C=O) groups excluding carboxylic acids is 2. The van der Waals surface area contributed by atoms with E-state index in [1.165, 1.54) is 0 Å². The van der Waals surface area contributed by atoms with Crippen LogP contribution in [0.25, 0.3) is 0 Å². The minimum Gasteiger partial charge on any atom is -0.484 e. The second-order valence-electron chi connectivity index (χ2n) is 7.23. The largest absolute Gasteiger partial charge is 0.484 e. The molecule has 1 saturated carbocycles. The second kappa shape index (κ2) is 8.25. The Morgan fingerprint density at radius 1 is 1.15 bits per heavy atom. The maximum atomic E-state index is 12.3. The molecule has 0 saturated heterocycles. The van der Waals surface area contributed by atoms with Gasteiger partial charge in [-0.2, -0.15) is 0 Å². The van der Waals surface area contributed by atoms with E-state index >= 15 is 0 Å². The quantitative estimate of drug-likeness (QED) is 0.781. The van der Waals surface area contributed by atoms with Crippen LogP contribution in [-0.4, -0.2) is 18.4 Å². The molecule has 1 aliphatic carbocycles. The number of hydrogen-bond donors (Lipinski definition) is 2. The van der Waals surface area contributed by atoms with E-state index in [0.29, 0.717) is 11.4 Å². The van der Waals surface area contributed by atoms with Crippen molar-refractivity contribution in [1.29, 1.82) is 0 Å². The van der Waals surface area contributed by atoms with Crippen molar-refractivity contribution in [3.8, 4) is 5.75 Å². The molecule has 5 nitrogen and oxygen atoms in total. The van der Waals surface area contributed by atoms with E-state index in [9.17, 15) is 9.59 Å². The van der Waals surface area contributed by atoms with Gasteiger partial charge in [-0.05, 0) is 56.9 Å². The average molecular weight is 366 g/mol. The highest BCUT2D eigenvalue weighted by Crippen LogP contribution is 2.30. The minimum atomic E-state index is -0.184. The summed E-state index contributed by atoms with van der Waals surface area (Å²) in [6, 6.07) is 13.2. The van der Waals surface area contributed by atoms with Crippen LogP contribution in [0.4, 0.5) is 5.69 Å². The maximum absolute atomic E-state index is 12.3. The first-order chi connectivity index (χ1) is 12.9. The highest BCUT2D eigenvalue weighted by atomic mass is 16.5. The van der Waals surface area contributed by atoms with Crippen LogP contribution in [0.1, 0.15) is 42.5 Å². The smallest absolute Gasteiger partial charge is 0.258 e. The predicted octanol–water partition coefficient (Wildman–Crippen LogP) is 3.91. The summed E-state index contributed by atoms with van der Waals surface area (Å²) >= 11 is 0. The van der Waals surface area contributed by atoms with Gasteiger partial charge in [0.05, 0.1) is 6.04 Å². The van der Waals surface area contributed by atoms with Crippen molar-refractivity contribution in [2.75, 3.05) is 11.9 Å². The molecule has 2 amide bonds. The summed E-state index contributed by atoms with van der Waals surface area (Å²) in [5.74, 6) is 0.563. The molecule has 1 aliphatic rings. The van der Waals surface area contributed by atoms with Crippen LogP contribution in [0.2, 0.25) is 0 Å². The third-order valence-corrected chi connectivity index (χ3v) is 4.70. The Morgan fingerprint density at radius 2 is 1.93 bits per heavy atom. The number of benzene rings is 2. The summed E-state index contributed by atoms with van der Waals surface area (Å²) in [6.07, 6.45) is 1.92. The van der Waals surface area contributed by atoms with Crippen molar-refractivity contribution in [3.05, 3.63) is 59.2 Å². The van der Waals surface area contributed by atoms with Crippen molar-refractivity contribution in [2.45, 2.75) is 39.7 Å². The Hall–Kier alpha value is -2.82. The lowest BCUT2D eigenvalue weighted by Gasteiger charge is -2.17. The molecule has 2 N–H and O–H groups in total. The molecular weight excluding hydrogens is 340 g/mol. The summed E-state index contributed by atoms with van der Waals surface area (Å²) in [7, 11) is 0. The first-order valence-corrected chi connectivity index (χ1v) is 9.32. The molecule has 0 heterocycles. The number of amides is 2. The van der Waals surface area contributed by atoms with Crippen LogP contribution in [-0.2, 0) is 9.59 Å². The molecule has 0 bridgehead atoms. The fourth-order valence-corrected chi connectivity index (χ4v) is 2.99. The molecule has 2 aromatic carbocycles. The Kier molecular flexibility index (Phi) is 5.79. The van der Waals surface area contributed by atoms with Gasteiger partial charge in [-0.3, -0.25) is 9.59 Å². The molecule has 0 spiro atoms. The fraction of sp³-hybridized carbons (Fsp3) is 0.364. The summed E-state index contributed by atoms with van der Waals surface area (Å²) in [4.78, 5) is 24.1. The van der Waals surface area contributed by atoms with Gasteiger partial charge in [0, 0.05) is 17.7 Å². The van der Waals surface area contributed by atoms with Gasteiger partial charge in [0.1, 0.15) is 5.75 Å². The Morgan fingerprint density at radius 3 is 2.67 bits per heavy atom. The van der Waals surface area contributed by atoms with Gasteiger partial charge in [0.2, 0.25) is 5.91 Å². The topological polar surface area (TPSA) is 67.4 Å². The van der Waals surface area contributed by atoms with E-state index in [0.717, 1.165) is 29.5 Å². The van der Waals surface area contributed by atoms with E-state index in [1.807, 2.05) is 26.8 Å². The summed E-state index contributed by atoms with van der Waals surface area (Å²) in [5.41, 5.74) is 4.10. The summed E-state index contributed by atoms with van der Waals surface area (Å²) < 4.78 is 5.59. The molecule has 0 aromatic heterocycles. The van der Waals surface area contributed by atoms with E-state index in [2.05, 4.69) is 28.8 Å². The number of rotatable bonds is 7. The number of anilines is 1. The van der Waals surface area contributed by atoms with Gasteiger partial charge in [-0.15, -0.1) is 0 Å². The Balaban J connectivity index is 1.52. The van der Waals surface area contributed by atoms with Gasteiger partial charge in [-0.1, -0.05) is 29.8 Å². The summed E-state index contributed by atoms with van der Waals surface area (Å²) in [5, 5.41) is 5.85. The van der Waals surface area contributed by atoms with Gasteiger partial charge >= 0.3 is 0 Å². The number of ether oxygens (including phenoxy) is 1. The molecule has 0 radical (unpaired) electrons. The lowest BCUT2D eigenvalue weighted by Crippen LogP contribution is -2.31. The monoisotopic (exact) mass is 366 g/mol. The fourth-order valence-electron chi connectivity index (χ4n) is 2.99. The van der Waals surface area contributed by atoms with Crippen molar-refractivity contribution in [2.24, 2.45) is 5.92 Å². The van der Waals surface area contributed by atoms with Crippen molar-refractivity contribution in [1.82, 2.24) is 5.32 Å². The molecular formula is C22H26N2O3. The Labute approximate surface area is 160 Å². The number of aryl methyl sites for hydroxylation is 2. The maximum Gasteiger partial charge on any atom is 0.258 e. The molecule has 2 aromatic rings. The molecule has 5 heteroatoms. The molecule has 1 fully saturated rings. The third kappa shape index (κ3) is 5.33. The van der Waals surface area contributed by atoms with Crippen LogP contribution < -0.4 is 15.4 Å². The molecule has 27 heavy (non-hydrogen) atoms. The van der Waals surface area contributed by atoms with E-state index in [-0.39, 0.29) is 30.4 Å². The lowest BCUT2D eigenvalue weighted by molar-refractivity contribution is -0.123. The van der Waals surface area contributed by atoms with Crippen LogP contribution in [0.5, 0.6) is 5.75 Å². The molecule has 1 atom stereocenters. The van der Waals surface area contributed by atoms with Gasteiger partial charge < -0.3 is 15.4 Å². The van der Waals surface area contributed by atoms with Crippen molar-refractivity contribution < 1.29 is 14.3 Å². The SMILES string of the molecule is Cc1ccc(C)c(C(C)NC(=O)COc2cccc(NC(=O)C3CC3)c2)c1. The van der Waals surface area contributed by atoms with Gasteiger partial charge in [0.25, 0.3) is 5.91 Å². The van der Waals surface area contributed by atoms with E-state index in [4.69, 9.17) is 4.74 Å². The number of nitrogens with one attached hydrogen (secondary N) is 2.